The topological polar surface area (TPSA) is 64.4 Å². The first-order valence-corrected chi connectivity index (χ1v) is 6.57. The molecule has 0 aromatic heterocycles. The fourth-order valence-corrected chi connectivity index (χ4v) is 2.44. The summed E-state index contributed by atoms with van der Waals surface area (Å²) in [6, 6.07) is 11.4. The van der Waals surface area contributed by atoms with Gasteiger partial charge in [-0.25, -0.2) is 0 Å². The van der Waals surface area contributed by atoms with Crippen LogP contribution in [0.25, 0.3) is 0 Å². The smallest absolute Gasteiger partial charge is 0.306 e. The van der Waals surface area contributed by atoms with Crippen LogP contribution >= 0.6 is 0 Å². The Labute approximate surface area is 120 Å². The zero-order valence-corrected chi connectivity index (χ0v) is 11.1. The van der Waals surface area contributed by atoms with Crippen LogP contribution in [0.5, 0.6) is 5.75 Å². The molecule has 108 valence electrons. The van der Waals surface area contributed by atoms with Gasteiger partial charge in [-0.05, 0) is 18.2 Å². The molecular weight excluding hydrogens is 275 g/mol. The fourth-order valence-electron chi connectivity index (χ4n) is 2.44. The van der Waals surface area contributed by atoms with E-state index in [-0.39, 0.29) is 6.04 Å². The highest BCUT2D eigenvalue weighted by Gasteiger charge is 2.22. The van der Waals surface area contributed by atoms with Crippen molar-refractivity contribution in [3.63, 3.8) is 0 Å². The number of nitro groups is 1. The molecule has 1 unspecified atom stereocenters. The van der Waals surface area contributed by atoms with E-state index in [9.17, 15) is 14.5 Å². The monoisotopic (exact) mass is 288 g/mol. The Morgan fingerprint density at radius 3 is 2.90 bits per heavy atom. The van der Waals surface area contributed by atoms with Crippen LogP contribution in [0.4, 0.5) is 15.8 Å². The van der Waals surface area contributed by atoms with Gasteiger partial charge >= 0.3 is 5.69 Å². The van der Waals surface area contributed by atoms with Crippen molar-refractivity contribution in [1.29, 1.82) is 0 Å². The Kier molecular flexibility index (Phi) is 3.43. The van der Waals surface area contributed by atoms with Crippen LogP contribution in [-0.2, 0) is 0 Å². The summed E-state index contributed by atoms with van der Waals surface area (Å²) in [5.74, 6) is -0.0317. The standard InChI is InChI=1S/C15H13FN2O3/c16-12-6-5-10(9-14(12)18(19)20)17-13-7-8-21-15-4-2-1-3-11(13)15/h1-6,9,13,17H,7-8H2. The quantitative estimate of drug-likeness (QED) is 0.691. The summed E-state index contributed by atoms with van der Waals surface area (Å²) >= 11 is 0. The molecule has 1 heterocycles. The molecule has 0 radical (unpaired) electrons. The second-order valence-electron chi connectivity index (χ2n) is 4.80. The molecule has 1 aliphatic heterocycles. The number of ether oxygens (including phenoxy) is 1. The van der Waals surface area contributed by atoms with Crippen molar-refractivity contribution in [3.8, 4) is 5.75 Å². The molecule has 5 nitrogen and oxygen atoms in total. The maximum atomic E-state index is 13.3. The minimum Gasteiger partial charge on any atom is -0.493 e. The Morgan fingerprint density at radius 1 is 1.29 bits per heavy atom. The second-order valence-corrected chi connectivity index (χ2v) is 4.80. The van der Waals surface area contributed by atoms with E-state index in [0.717, 1.165) is 23.8 Å². The highest BCUT2D eigenvalue weighted by molar-refractivity contribution is 5.54. The first kappa shape index (κ1) is 13.4. The molecule has 0 fully saturated rings. The Hall–Kier alpha value is -2.63. The van der Waals surface area contributed by atoms with Crippen molar-refractivity contribution in [3.05, 3.63) is 64.0 Å². The van der Waals surface area contributed by atoms with Gasteiger partial charge in [0.1, 0.15) is 5.75 Å². The number of benzene rings is 2. The van der Waals surface area contributed by atoms with Gasteiger partial charge in [0.05, 0.1) is 17.6 Å². The molecular formula is C15H13FN2O3. The van der Waals surface area contributed by atoms with E-state index in [0.29, 0.717) is 12.3 Å². The number of fused-ring (bicyclic) bond motifs is 1. The number of hydrogen-bond acceptors (Lipinski definition) is 4. The first-order chi connectivity index (χ1) is 10.1. The number of hydrogen-bond donors (Lipinski definition) is 1. The van der Waals surface area contributed by atoms with Gasteiger partial charge in [-0.3, -0.25) is 10.1 Å². The van der Waals surface area contributed by atoms with Crippen LogP contribution in [0.3, 0.4) is 0 Å². The zero-order chi connectivity index (χ0) is 14.8. The van der Waals surface area contributed by atoms with Crippen LogP contribution in [0.2, 0.25) is 0 Å². The van der Waals surface area contributed by atoms with Crippen molar-refractivity contribution in [2.24, 2.45) is 0 Å². The Morgan fingerprint density at radius 2 is 2.10 bits per heavy atom. The number of nitro benzene ring substituents is 1. The van der Waals surface area contributed by atoms with Crippen LogP contribution in [0, 0.1) is 15.9 Å². The first-order valence-electron chi connectivity index (χ1n) is 6.57. The van der Waals surface area contributed by atoms with Crippen molar-refractivity contribution >= 4 is 11.4 Å². The summed E-state index contributed by atoms with van der Waals surface area (Å²) in [6.45, 7) is 0.567. The molecule has 2 aromatic carbocycles. The van der Waals surface area contributed by atoms with E-state index in [1.165, 1.54) is 12.1 Å². The number of nitrogens with zero attached hydrogens (tertiary/aromatic N) is 1. The second kappa shape index (κ2) is 5.40. The predicted molar refractivity (Wildman–Crippen MR) is 76.0 cm³/mol. The van der Waals surface area contributed by atoms with E-state index < -0.39 is 16.4 Å². The molecule has 1 aliphatic rings. The molecule has 0 saturated carbocycles. The summed E-state index contributed by atoms with van der Waals surface area (Å²) in [5, 5.41) is 14.0. The molecule has 0 saturated heterocycles. The van der Waals surface area contributed by atoms with E-state index in [1.807, 2.05) is 24.3 Å². The van der Waals surface area contributed by atoms with Gasteiger partial charge < -0.3 is 10.1 Å². The van der Waals surface area contributed by atoms with Gasteiger partial charge in [-0.15, -0.1) is 0 Å². The highest BCUT2D eigenvalue weighted by atomic mass is 19.1. The molecule has 0 amide bonds. The van der Waals surface area contributed by atoms with E-state index >= 15 is 0 Å². The van der Waals surface area contributed by atoms with Gasteiger partial charge in [-0.1, -0.05) is 18.2 Å². The SMILES string of the molecule is O=[N+]([O-])c1cc(NC2CCOc3ccccc32)ccc1F. The lowest BCUT2D eigenvalue weighted by Gasteiger charge is -2.27. The Bertz CT molecular complexity index is 690. The maximum Gasteiger partial charge on any atom is 0.306 e. The van der Waals surface area contributed by atoms with Gasteiger partial charge in [-0.2, -0.15) is 4.39 Å². The molecule has 1 N–H and O–H groups in total. The van der Waals surface area contributed by atoms with E-state index in [1.54, 1.807) is 0 Å². The van der Waals surface area contributed by atoms with Crippen LogP contribution in [0.1, 0.15) is 18.0 Å². The normalized spacial score (nSPS) is 16.7. The summed E-state index contributed by atoms with van der Waals surface area (Å²) in [6.07, 6.45) is 0.738. The molecule has 3 rings (SSSR count). The number of halogens is 1. The molecule has 1 atom stereocenters. The number of para-hydroxylation sites is 1. The van der Waals surface area contributed by atoms with E-state index in [2.05, 4.69) is 5.32 Å². The maximum absolute atomic E-state index is 13.3. The van der Waals surface area contributed by atoms with Crippen LogP contribution < -0.4 is 10.1 Å². The minimum absolute atomic E-state index is 0.0139. The molecule has 6 heteroatoms. The average Bonchev–Trinajstić information content (AvgIpc) is 2.49. The lowest BCUT2D eigenvalue weighted by atomic mass is 10.0. The van der Waals surface area contributed by atoms with E-state index in [4.69, 9.17) is 4.74 Å². The highest BCUT2D eigenvalue weighted by Crippen LogP contribution is 2.34. The van der Waals surface area contributed by atoms with Gasteiger partial charge in [0.2, 0.25) is 5.82 Å². The van der Waals surface area contributed by atoms with Gasteiger partial charge in [0, 0.05) is 23.7 Å². The fraction of sp³-hybridized carbons (Fsp3) is 0.200. The lowest BCUT2D eigenvalue weighted by Crippen LogP contribution is -2.20. The van der Waals surface area contributed by atoms with Crippen molar-refractivity contribution in [2.45, 2.75) is 12.5 Å². The molecule has 0 bridgehead atoms. The number of anilines is 1. The third-order valence-electron chi connectivity index (χ3n) is 3.44. The Balaban J connectivity index is 1.88. The third-order valence-corrected chi connectivity index (χ3v) is 3.44. The minimum atomic E-state index is -0.835. The predicted octanol–water partition coefficient (Wildman–Crippen LogP) is 3.67. The molecule has 0 aliphatic carbocycles. The summed E-state index contributed by atoms with van der Waals surface area (Å²) in [5.41, 5.74) is 0.987. The van der Waals surface area contributed by atoms with Crippen LogP contribution in [-0.4, -0.2) is 11.5 Å². The number of nitrogens with one attached hydrogen (secondary N) is 1. The average molecular weight is 288 g/mol. The van der Waals surface area contributed by atoms with Crippen molar-refractivity contribution in [2.75, 3.05) is 11.9 Å². The number of rotatable bonds is 3. The summed E-state index contributed by atoms with van der Waals surface area (Å²) in [4.78, 5) is 10.1. The van der Waals surface area contributed by atoms with Gasteiger partial charge in [0.15, 0.2) is 0 Å². The van der Waals surface area contributed by atoms with Crippen molar-refractivity contribution < 1.29 is 14.1 Å². The summed E-state index contributed by atoms with van der Waals surface area (Å²) in [7, 11) is 0. The third kappa shape index (κ3) is 2.65. The molecule has 0 spiro atoms. The zero-order valence-electron chi connectivity index (χ0n) is 11.1. The van der Waals surface area contributed by atoms with Crippen LogP contribution in [0.15, 0.2) is 42.5 Å². The largest absolute Gasteiger partial charge is 0.493 e. The molecule has 2 aromatic rings. The van der Waals surface area contributed by atoms with Gasteiger partial charge in [0.25, 0.3) is 0 Å². The lowest BCUT2D eigenvalue weighted by molar-refractivity contribution is -0.387. The van der Waals surface area contributed by atoms with Crippen molar-refractivity contribution in [1.82, 2.24) is 0 Å². The summed E-state index contributed by atoms with van der Waals surface area (Å²) < 4.78 is 18.9. The molecule has 21 heavy (non-hydrogen) atoms.